The second-order valence-electron chi connectivity index (χ2n) is 8.27. The molecule has 9 heteroatoms. The van der Waals surface area contributed by atoms with E-state index >= 15 is 0 Å². The molecule has 0 unspecified atom stereocenters. The number of carbonyl (C=O) groups is 2. The fraction of sp³-hybridized carbons (Fsp3) is 0.417. The Kier molecular flexibility index (Phi) is 5.49. The van der Waals surface area contributed by atoms with Crippen LogP contribution in [0.4, 0.5) is 0 Å². The number of methoxy groups -OCH3 is 2. The first-order valence-corrected chi connectivity index (χ1v) is 10.8. The first-order chi connectivity index (χ1) is 16.0. The maximum Gasteiger partial charge on any atom is 0.312 e. The Labute approximate surface area is 190 Å². The Hall–Kier alpha value is -3.46. The van der Waals surface area contributed by atoms with Crippen molar-refractivity contribution < 1.29 is 38.0 Å². The molecule has 3 atom stereocenters. The zero-order chi connectivity index (χ0) is 23.1. The molecule has 1 saturated heterocycles. The summed E-state index contributed by atoms with van der Waals surface area (Å²) in [4.78, 5) is 24.9. The second kappa shape index (κ2) is 8.47. The topological polar surface area (TPSA) is 116 Å². The fourth-order valence-electron chi connectivity index (χ4n) is 4.97. The molecule has 2 N–H and O–H groups in total. The minimum atomic E-state index is -0.489. The molecule has 174 valence electrons. The van der Waals surface area contributed by atoms with Crippen LogP contribution in [0, 0.1) is 11.8 Å². The van der Waals surface area contributed by atoms with Crippen molar-refractivity contribution >= 4 is 11.9 Å². The van der Waals surface area contributed by atoms with E-state index in [1.807, 2.05) is 12.1 Å². The number of nitrogens with two attached hydrogens (primary N) is 1. The van der Waals surface area contributed by atoms with Gasteiger partial charge in [-0.1, -0.05) is 0 Å². The maximum absolute atomic E-state index is 12.8. The Morgan fingerprint density at radius 1 is 1.06 bits per heavy atom. The molecule has 5 rings (SSSR count). The van der Waals surface area contributed by atoms with Crippen LogP contribution in [0.5, 0.6) is 28.7 Å². The Morgan fingerprint density at radius 2 is 1.76 bits per heavy atom. The highest BCUT2D eigenvalue weighted by Gasteiger charge is 2.48. The quantitative estimate of drug-likeness (QED) is 0.517. The van der Waals surface area contributed by atoms with Gasteiger partial charge in [-0.3, -0.25) is 9.59 Å². The smallest absolute Gasteiger partial charge is 0.312 e. The molecule has 2 aromatic rings. The number of esters is 2. The zero-order valence-electron chi connectivity index (χ0n) is 18.4. The van der Waals surface area contributed by atoms with E-state index < -0.39 is 5.97 Å². The van der Waals surface area contributed by atoms with Crippen molar-refractivity contribution in [3.8, 4) is 28.7 Å². The van der Waals surface area contributed by atoms with Crippen LogP contribution in [0.3, 0.4) is 0 Å². The Morgan fingerprint density at radius 3 is 2.42 bits per heavy atom. The fourth-order valence-corrected chi connectivity index (χ4v) is 4.97. The molecule has 3 aliphatic rings. The first-order valence-electron chi connectivity index (χ1n) is 10.8. The van der Waals surface area contributed by atoms with Crippen LogP contribution in [0.1, 0.15) is 29.0 Å². The summed E-state index contributed by atoms with van der Waals surface area (Å²) in [6, 6.07) is 7.49. The average molecular weight is 455 g/mol. The van der Waals surface area contributed by atoms with Gasteiger partial charge < -0.3 is 34.2 Å². The van der Waals surface area contributed by atoms with Gasteiger partial charge in [-0.05, 0) is 47.4 Å². The lowest BCUT2D eigenvalue weighted by molar-refractivity contribution is -0.141. The van der Waals surface area contributed by atoms with Crippen molar-refractivity contribution in [1.29, 1.82) is 0 Å². The van der Waals surface area contributed by atoms with Gasteiger partial charge in [0.05, 0.1) is 33.2 Å². The molecule has 9 nitrogen and oxygen atoms in total. The molecule has 1 fully saturated rings. The molecular formula is C24H25NO8. The lowest BCUT2D eigenvalue weighted by atomic mass is 9.67. The SMILES string of the molecule is COc1cc([C@@H]2c3cc4c(cc3C[C@H]3COC(=O)[C@@H]32)OCO4)cc(OC)c1OC(=O)CCN. The van der Waals surface area contributed by atoms with Gasteiger partial charge in [0.1, 0.15) is 0 Å². The summed E-state index contributed by atoms with van der Waals surface area (Å²) in [5, 5.41) is 0. The summed E-state index contributed by atoms with van der Waals surface area (Å²) >= 11 is 0. The van der Waals surface area contributed by atoms with E-state index in [0.717, 1.165) is 16.7 Å². The van der Waals surface area contributed by atoms with E-state index in [9.17, 15) is 9.59 Å². The monoisotopic (exact) mass is 455 g/mol. The molecule has 0 aromatic heterocycles. The van der Waals surface area contributed by atoms with Gasteiger partial charge in [0.2, 0.25) is 12.5 Å². The number of hydrogen-bond donors (Lipinski definition) is 1. The molecule has 0 radical (unpaired) electrons. The van der Waals surface area contributed by atoms with Gasteiger partial charge in [-0.25, -0.2) is 0 Å². The summed E-state index contributed by atoms with van der Waals surface area (Å²) in [7, 11) is 2.97. The number of fused-ring (bicyclic) bond motifs is 3. The van der Waals surface area contributed by atoms with Crippen LogP contribution in [0.2, 0.25) is 0 Å². The number of hydrogen-bond acceptors (Lipinski definition) is 9. The summed E-state index contributed by atoms with van der Waals surface area (Å²) in [5.74, 6) is 0.808. The van der Waals surface area contributed by atoms with Crippen LogP contribution < -0.4 is 29.4 Å². The summed E-state index contributed by atoms with van der Waals surface area (Å²) in [6.07, 6.45) is 0.773. The minimum absolute atomic E-state index is 0.0365. The summed E-state index contributed by atoms with van der Waals surface area (Å²) < 4.78 is 33.2. The third-order valence-corrected chi connectivity index (χ3v) is 6.44. The molecule has 0 bridgehead atoms. The highest BCUT2D eigenvalue weighted by molar-refractivity contribution is 5.79. The minimum Gasteiger partial charge on any atom is -0.493 e. The number of rotatable bonds is 6. The van der Waals surface area contributed by atoms with E-state index in [-0.39, 0.29) is 49.2 Å². The van der Waals surface area contributed by atoms with Gasteiger partial charge in [0.15, 0.2) is 23.0 Å². The van der Waals surface area contributed by atoms with Crippen LogP contribution in [-0.4, -0.2) is 46.1 Å². The molecule has 2 aliphatic heterocycles. The van der Waals surface area contributed by atoms with Crippen molar-refractivity contribution in [2.24, 2.45) is 17.6 Å². The standard InChI is InChI=1S/C24H25NO8/c1-28-18-7-13(8-19(29-2)23(18)33-20(26)3-4-25)21-15-9-17-16(31-11-32-17)6-12(15)5-14-10-30-24(27)22(14)21/h6-9,14,21-22H,3-5,10-11,25H2,1-2H3/t14-,21+,22-/m0/s1. The molecule has 0 saturated carbocycles. The van der Waals surface area contributed by atoms with Gasteiger partial charge in [0, 0.05) is 18.4 Å². The highest BCUT2D eigenvalue weighted by atomic mass is 16.7. The van der Waals surface area contributed by atoms with E-state index in [2.05, 4.69) is 0 Å². The number of cyclic esters (lactones) is 1. The predicted octanol–water partition coefficient (Wildman–Crippen LogP) is 2.16. The Balaban J connectivity index is 1.64. The van der Waals surface area contributed by atoms with Gasteiger partial charge in [0.25, 0.3) is 0 Å². The van der Waals surface area contributed by atoms with Crippen molar-refractivity contribution in [3.05, 3.63) is 41.0 Å². The number of benzene rings is 2. The van der Waals surface area contributed by atoms with Crippen molar-refractivity contribution in [2.75, 3.05) is 34.2 Å². The van der Waals surface area contributed by atoms with Crippen molar-refractivity contribution in [3.63, 3.8) is 0 Å². The Bertz CT molecular complexity index is 1090. The molecular weight excluding hydrogens is 430 g/mol. The van der Waals surface area contributed by atoms with Crippen molar-refractivity contribution in [1.82, 2.24) is 0 Å². The maximum atomic E-state index is 12.8. The van der Waals surface area contributed by atoms with Crippen LogP contribution >= 0.6 is 0 Å². The highest BCUT2D eigenvalue weighted by Crippen LogP contribution is 2.52. The molecule has 2 aromatic carbocycles. The van der Waals surface area contributed by atoms with E-state index in [1.165, 1.54) is 14.2 Å². The van der Waals surface area contributed by atoms with Crippen molar-refractivity contribution in [2.45, 2.75) is 18.8 Å². The molecule has 33 heavy (non-hydrogen) atoms. The lowest BCUT2D eigenvalue weighted by Crippen LogP contribution is -2.31. The third kappa shape index (κ3) is 3.62. The molecule has 0 amide bonds. The normalized spacial score (nSPS) is 22.3. The second-order valence-corrected chi connectivity index (χ2v) is 8.27. The van der Waals surface area contributed by atoms with Crippen LogP contribution in [-0.2, 0) is 20.7 Å². The van der Waals surface area contributed by atoms with Crippen LogP contribution in [0.25, 0.3) is 0 Å². The van der Waals surface area contributed by atoms with E-state index in [1.54, 1.807) is 12.1 Å². The largest absolute Gasteiger partial charge is 0.493 e. The first kappa shape index (κ1) is 21.4. The lowest BCUT2D eigenvalue weighted by Gasteiger charge is -2.34. The van der Waals surface area contributed by atoms with E-state index in [0.29, 0.717) is 36.0 Å². The molecule has 0 spiro atoms. The summed E-state index contributed by atoms with van der Waals surface area (Å²) in [5.41, 5.74) is 8.31. The van der Waals surface area contributed by atoms with E-state index in [4.69, 9.17) is 34.2 Å². The number of ether oxygens (including phenoxy) is 6. The van der Waals surface area contributed by atoms with Gasteiger partial charge >= 0.3 is 11.9 Å². The molecule has 1 aliphatic carbocycles. The molecule has 2 heterocycles. The summed E-state index contributed by atoms with van der Waals surface area (Å²) in [6.45, 7) is 0.709. The van der Waals surface area contributed by atoms with Gasteiger partial charge in [-0.15, -0.1) is 0 Å². The average Bonchev–Trinajstić information content (AvgIpc) is 3.42. The zero-order valence-corrected chi connectivity index (χ0v) is 18.4. The third-order valence-electron chi connectivity index (χ3n) is 6.44. The van der Waals surface area contributed by atoms with Gasteiger partial charge in [-0.2, -0.15) is 0 Å². The number of carbonyl (C=O) groups excluding carboxylic acids is 2. The van der Waals surface area contributed by atoms with Crippen LogP contribution in [0.15, 0.2) is 24.3 Å². The predicted molar refractivity (Wildman–Crippen MR) is 115 cm³/mol.